The van der Waals surface area contributed by atoms with Crippen molar-refractivity contribution in [3.8, 4) is 11.5 Å². The van der Waals surface area contributed by atoms with Gasteiger partial charge in [0.1, 0.15) is 28.8 Å². The molecule has 8 rings (SSSR count). The number of alkyl carbamates (subject to hydrolysis) is 1. The number of hydrogen-bond acceptors (Lipinski definition) is 16. The minimum atomic E-state index is -1.99. The van der Waals surface area contributed by atoms with Crippen molar-refractivity contribution in [1.82, 2.24) is 14.9 Å². The molecule has 9 atom stereocenters. The first-order valence-corrected chi connectivity index (χ1v) is 23.9. The highest BCUT2D eigenvalue weighted by atomic mass is 16.7. The number of anilines is 2. The maximum absolute atomic E-state index is 15.1. The molecule has 2 amide bonds. The van der Waals surface area contributed by atoms with Gasteiger partial charge in [0.25, 0.3) is 5.91 Å². The lowest BCUT2D eigenvalue weighted by Gasteiger charge is -2.38. The second kappa shape index (κ2) is 20.6. The van der Waals surface area contributed by atoms with E-state index >= 15 is 4.79 Å². The Morgan fingerprint density at radius 2 is 1.66 bits per heavy atom. The van der Waals surface area contributed by atoms with Crippen LogP contribution in [-0.2, 0) is 35.6 Å². The fourth-order valence-electron chi connectivity index (χ4n) is 10.1. The fourth-order valence-corrected chi connectivity index (χ4v) is 10.1. The van der Waals surface area contributed by atoms with Crippen molar-refractivity contribution in [2.45, 2.75) is 111 Å². The van der Waals surface area contributed by atoms with E-state index in [2.05, 4.69) is 10.6 Å². The summed E-state index contributed by atoms with van der Waals surface area (Å²) < 4.78 is 30.8. The number of nitrogens with one attached hydrogen (secondary N) is 2. The summed E-state index contributed by atoms with van der Waals surface area (Å²) in [6.07, 6.45) is 4.20. The van der Waals surface area contributed by atoms with E-state index in [9.17, 15) is 39.6 Å². The van der Waals surface area contributed by atoms with Crippen molar-refractivity contribution >= 4 is 67.9 Å². The van der Waals surface area contributed by atoms with Crippen molar-refractivity contribution in [3.63, 3.8) is 0 Å². The predicted octanol–water partition coefficient (Wildman–Crippen LogP) is 5.02. The molecular weight excluding hydrogens is 919 g/mol. The van der Waals surface area contributed by atoms with Gasteiger partial charge < -0.3 is 64.2 Å². The lowest BCUT2D eigenvalue weighted by atomic mass is 9.78. The Labute approximate surface area is 410 Å². The molecule has 1 aromatic heterocycles. The second-order valence-corrected chi connectivity index (χ2v) is 19.2. The average molecular weight is 984 g/mol. The van der Waals surface area contributed by atoms with Gasteiger partial charge in [-0.05, 0) is 45.8 Å². The van der Waals surface area contributed by atoms with E-state index in [-0.39, 0.29) is 67.8 Å². The number of aliphatic hydroxyl groups is 3. The summed E-state index contributed by atoms with van der Waals surface area (Å²) in [6, 6.07) is 3.09. The first-order chi connectivity index (χ1) is 33.5. The number of methoxy groups -OCH3 is 1. The number of phenols is 1. The SMILES string of the molecule is CCOC(=O)NC1CCN(c2cc(=O)c3nc4c5c6c7c(C)c(O)c5c(=O)c(c4n(C)c3c2)NC(=O)/C(C)=C\C=C\[C@H](C)[C@H](O)[C@@H](C)[C@@H](O)[C@@H](C)[C@H](OC(C)=O)[C@H](C)[C@@H](OC)/C=C/O[C@@](C)(O7)C=6O)CC1. The van der Waals surface area contributed by atoms with Crippen LogP contribution < -0.4 is 36.3 Å². The van der Waals surface area contributed by atoms with Crippen molar-refractivity contribution in [1.29, 1.82) is 0 Å². The molecular formula is C52H65N5O14. The Bertz CT molecular complexity index is 3050. The molecule has 0 saturated carbocycles. The maximum Gasteiger partial charge on any atom is 0.407 e. The topological polar surface area (TPSA) is 258 Å². The largest absolute Gasteiger partial charge is 0.507 e. The van der Waals surface area contributed by atoms with Crippen molar-refractivity contribution < 1.29 is 58.5 Å². The molecule has 1 saturated heterocycles. The number of piperidine rings is 1. The third kappa shape index (κ3) is 9.74. The lowest BCUT2D eigenvalue weighted by Crippen LogP contribution is -2.46. The molecule has 5 bridgehead atoms. The number of carbonyl (C=O) groups is 3. The number of esters is 1. The summed E-state index contributed by atoms with van der Waals surface area (Å²) in [7, 11) is 3.06. The number of aryl methyl sites for hydroxylation is 1. The highest BCUT2D eigenvalue weighted by Crippen LogP contribution is 2.42. The minimum Gasteiger partial charge on any atom is -0.507 e. The number of phenolic OH excluding ortho intramolecular Hbond substituents is 1. The molecule has 4 aliphatic rings. The van der Waals surface area contributed by atoms with Crippen LogP contribution in [0.3, 0.4) is 0 Å². The number of aliphatic hydroxyl groups excluding tert-OH is 3. The molecule has 5 heterocycles. The molecule has 1 fully saturated rings. The number of amides is 2. The van der Waals surface area contributed by atoms with Gasteiger partial charge in [-0.25, -0.2) is 9.78 Å². The molecule has 0 radical (unpaired) electrons. The number of ether oxygens (including phenoxy) is 5. The molecule has 19 heteroatoms. The van der Waals surface area contributed by atoms with Crippen molar-refractivity contribution in [2.75, 3.05) is 37.0 Å². The zero-order valence-electron chi connectivity index (χ0n) is 42.0. The van der Waals surface area contributed by atoms with Gasteiger partial charge >= 0.3 is 17.8 Å². The smallest absolute Gasteiger partial charge is 0.407 e. The number of fused-ring (bicyclic) bond motifs is 14. The van der Waals surface area contributed by atoms with Gasteiger partial charge in [0.05, 0.1) is 58.3 Å². The molecule has 4 aliphatic heterocycles. The van der Waals surface area contributed by atoms with Gasteiger partial charge in [-0.1, -0.05) is 45.9 Å². The monoisotopic (exact) mass is 983 g/mol. The Balaban J connectivity index is 1.46. The molecule has 3 aromatic carbocycles. The number of aromatic hydroxyl groups is 1. The summed E-state index contributed by atoms with van der Waals surface area (Å²) >= 11 is 0. The van der Waals surface area contributed by atoms with E-state index in [1.54, 1.807) is 64.5 Å². The van der Waals surface area contributed by atoms with Crippen LogP contribution in [0.1, 0.15) is 73.8 Å². The zero-order chi connectivity index (χ0) is 52.0. The first-order valence-electron chi connectivity index (χ1n) is 23.9. The van der Waals surface area contributed by atoms with E-state index in [1.165, 1.54) is 59.3 Å². The normalized spacial score (nSPS) is 28.5. The van der Waals surface area contributed by atoms with Crippen molar-refractivity contribution in [2.24, 2.45) is 30.7 Å². The number of rotatable bonds is 5. The zero-order valence-corrected chi connectivity index (χ0v) is 42.0. The maximum atomic E-state index is 15.1. The molecule has 0 spiro atoms. The van der Waals surface area contributed by atoms with E-state index < -0.39 is 94.2 Å². The van der Waals surface area contributed by atoms with Crippen LogP contribution in [0.5, 0.6) is 11.5 Å². The molecule has 71 heavy (non-hydrogen) atoms. The molecule has 4 aromatic rings. The number of allylic oxidation sites excluding steroid dienone is 2. The van der Waals surface area contributed by atoms with Crippen LogP contribution in [0.4, 0.5) is 16.2 Å². The Morgan fingerprint density at radius 1 is 0.972 bits per heavy atom. The Morgan fingerprint density at radius 3 is 2.31 bits per heavy atom. The predicted molar refractivity (Wildman–Crippen MR) is 267 cm³/mol. The highest BCUT2D eigenvalue weighted by Gasteiger charge is 2.44. The highest BCUT2D eigenvalue weighted by molar-refractivity contribution is 6.18. The van der Waals surface area contributed by atoms with E-state index in [1.807, 2.05) is 4.90 Å². The third-order valence-corrected chi connectivity index (χ3v) is 14.4. The van der Waals surface area contributed by atoms with Crippen LogP contribution in [0.15, 0.2) is 57.9 Å². The number of aromatic nitrogens is 2. The standard InChI is InChI=1S/C52H65N5O14/c1-12-68-51(66)53-31-16-19-57(20-17-31)32-22-33-39(34(59)23-32)54-40-36-37-45(62)29(7)48-38(36)49(64)52(9,71-48)69-21-18-35(67-11)26(4)47(70-30(8)58)28(6)44(61)27(5)43(60)24(2)14-13-15-25(3)50(65)55-41(46(37)63)42(40)56(33)10/h13-15,18,21-24,26-28,31,35,43-44,47,60-62,64H,12,16-17,19-20H2,1-11H3,(H,53,66)(H,55,65)/b14-13+,21-18+,25-15-/t24-,26+,27+,28+,35-,43-,44+,47+,52-/m0/s1. The molecule has 19 nitrogen and oxygen atoms in total. The number of nitrogens with zero attached hydrogens (tertiary/aromatic N) is 3. The van der Waals surface area contributed by atoms with E-state index in [4.69, 9.17) is 28.7 Å². The van der Waals surface area contributed by atoms with Gasteiger partial charge in [-0.15, -0.1) is 0 Å². The van der Waals surface area contributed by atoms with Gasteiger partial charge in [0.2, 0.25) is 10.9 Å². The van der Waals surface area contributed by atoms with E-state index in [0.717, 1.165) is 0 Å². The van der Waals surface area contributed by atoms with Gasteiger partial charge in [0.15, 0.2) is 5.76 Å². The quantitative estimate of drug-likeness (QED) is 0.0872. The third-order valence-electron chi connectivity index (χ3n) is 14.4. The summed E-state index contributed by atoms with van der Waals surface area (Å²) in [5, 5.41) is 52.6. The first kappa shape index (κ1) is 52.1. The fraction of sp³-hybridized carbons (Fsp3) is 0.500. The van der Waals surface area contributed by atoms with E-state index in [0.29, 0.717) is 37.1 Å². The number of carbonyl (C=O) groups excluding carboxylic acids is 3. The number of hydrogen-bond donors (Lipinski definition) is 6. The summed E-state index contributed by atoms with van der Waals surface area (Å²) in [5.74, 6) is -6.94. The molecule has 0 unspecified atom stereocenters. The molecule has 382 valence electrons. The van der Waals surface area contributed by atoms with Crippen LogP contribution in [0, 0.1) is 30.6 Å². The van der Waals surface area contributed by atoms with Crippen LogP contribution in [0.25, 0.3) is 38.6 Å². The van der Waals surface area contributed by atoms with Crippen molar-refractivity contribution in [3.05, 3.63) is 79.5 Å². The number of benzene rings is 3. The van der Waals surface area contributed by atoms with Crippen LogP contribution in [-0.4, -0.2) is 111 Å². The van der Waals surface area contributed by atoms with Crippen LogP contribution >= 0.6 is 0 Å². The summed E-state index contributed by atoms with van der Waals surface area (Å²) in [4.78, 5) is 75.1. The van der Waals surface area contributed by atoms with Gasteiger partial charge in [-0.2, -0.15) is 0 Å². The molecule has 0 aliphatic carbocycles. The Hall–Kier alpha value is -6.70. The lowest BCUT2D eigenvalue weighted by molar-refractivity contribution is -0.160. The second-order valence-electron chi connectivity index (χ2n) is 19.2. The van der Waals surface area contributed by atoms with Gasteiger partial charge in [-0.3, -0.25) is 19.2 Å². The summed E-state index contributed by atoms with van der Waals surface area (Å²) in [5.41, 5.74) is -0.476. The minimum absolute atomic E-state index is 0.0115. The summed E-state index contributed by atoms with van der Waals surface area (Å²) in [6.45, 7) is 15.6. The Kier molecular flexibility index (Phi) is 15.1. The van der Waals surface area contributed by atoms with Crippen LogP contribution in [0.2, 0.25) is 0 Å². The van der Waals surface area contributed by atoms with Gasteiger partial charge in [0, 0.05) is 99.1 Å². The average Bonchev–Trinajstić information content (AvgIpc) is 3.60. The molecule has 6 N–H and O–H groups in total.